The molecule has 0 radical (unpaired) electrons. The summed E-state index contributed by atoms with van der Waals surface area (Å²) in [5.41, 5.74) is -1.75. The number of carbonyl (C=O) groups excluding carboxylic acids is 1. The molecule has 0 spiro atoms. The molecule has 0 aromatic carbocycles. The summed E-state index contributed by atoms with van der Waals surface area (Å²) in [5, 5.41) is 1.68. The van der Waals surface area contributed by atoms with E-state index in [4.69, 9.17) is 0 Å². The second kappa shape index (κ2) is 3.25. The standard InChI is InChI=1S/C11H10F3NOS/c12-11(13,14)10-4-1-9(16)15(10)5-2-8-7(10)3-6-17-8/h3,6H,1-2,4-5H2. The van der Waals surface area contributed by atoms with Gasteiger partial charge in [-0.05, 0) is 24.3 Å². The molecule has 0 aliphatic carbocycles. The number of halogens is 3. The Morgan fingerprint density at radius 2 is 2.12 bits per heavy atom. The summed E-state index contributed by atoms with van der Waals surface area (Å²) in [6.07, 6.45) is -4.00. The van der Waals surface area contributed by atoms with E-state index in [-0.39, 0.29) is 25.3 Å². The van der Waals surface area contributed by atoms with Gasteiger partial charge in [0.05, 0.1) is 0 Å². The lowest BCUT2D eigenvalue weighted by atomic mass is 9.83. The van der Waals surface area contributed by atoms with Gasteiger partial charge in [0, 0.05) is 23.4 Å². The highest BCUT2D eigenvalue weighted by atomic mass is 32.1. The monoisotopic (exact) mass is 261 g/mol. The fourth-order valence-corrected chi connectivity index (χ4v) is 3.87. The number of alkyl halides is 3. The van der Waals surface area contributed by atoms with Crippen LogP contribution in [0.15, 0.2) is 11.4 Å². The number of fused-ring (bicyclic) bond motifs is 3. The first-order chi connectivity index (χ1) is 7.97. The van der Waals surface area contributed by atoms with E-state index in [0.717, 1.165) is 9.78 Å². The summed E-state index contributed by atoms with van der Waals surface area (Å²) >= 11 is 1.35. The Balaban J connectivity index is 2.23. The van der Waals surface area contributed by atoms with Crippen molar-refractivity contribution < 1.29 is 18.0 Å². The van der Waals surface area contributed by atoms with Gasteiger partial charge >= 0.3 is 6.18 Å². The first kappa shape index (κ1) is 11.1. The summed E-state index contributed by atoms with van der Waals surface area (Å²) in [4.78, 5) is 13.4. The first-order valence-corrected chi connectivity index (χ1v) is 6.29. The summed E-state index contributed by atoms with van der Waals surface area (Å²) in [6, 6.07) is 1.53. The number of amides is 1. The van der Waals surface area contributed by atoms with Gasteiger partial charge in [-0.2, -0.15) is 13.2 Å². The van der Waals surface area contributed by atoms with Crippen molar-refractivity contribution in [2.24, 2.45) is 0 Å². The molecule has 3 rings (SSSR count). The molecule has 2 aliphatic heterocycles. The molecule has 17 heavy (non-hydrogen) atoms. The van der Waals surface area contributed by atoms with Gasteiger partial charge in [-0.3, -0.25) is 4.79 Å². The van der Waals surface area contributed by atoms with Crippen LogP contribution >= 0.6 is 11.3 Å². The van der Waals surface area contributed by atoms with Gasteiger partial charge in [0.15, 0.2) is 5.54 Å². The number of rotatable bonds is 0. The molecule has 1 amide bonds. The second-order valence-electron chi connectivity index (χ2n) is 4.41. The normalized spacial score (nSPS) is 28.2. The summed E-state index contributed by atoms with van der Waals surface area (Å²) in [7, 11) is 0. The molecule has 1 fully saturated rings. The van der Waals surface area contributed by atoms with E-state index in [0.29, 0.717) is 12.0 Å². The van der Waals surface area contributed by atoms with Gasteiger partial charge in [-0.15, -0.1) is 11.3 Å². The molecule has 1 aromatic rings. The van der Waals surface area contributed by atoms with Crippen molar-refractivity contribution in [1.29, 1.82) is 0 Å². The van der Waals surface area contributed by atoms with Gasteiger partial charge < -0.3 is 4.90 Å². The van der Waals surface area contributed by atoms with Crippen LogP contribution in [0.25, 0.3) is 0 Å². The van der Waals surface area contributed by atoms with Crippen molar-refractivity contribution >= 4 is 17.2 Å². The zero-order valence-electron chi connectivity index (χ0n) is 8.88. The molecular formula is C11H10F3NOS. The topological polar surface area (TPSA) is 20.3 Å². The minimum Gasteiger partial charge on any atom is -0.324 e. The number of hydrogen-bond acceptors (Lipinski definition) is 2. The molecule has 2 nitrogen and oxygen atoms in total. The Bertz CT molecular complexity index is 481. The average Bonchev–Trinajstić information content (AvgIpc) is 2.81. The summed E-state index contributed by atoms with van der Waals surface area (Å²) in [5.74, 6) is -0.376. The predicted octanol–water partition coefficient (Wildman–Crippen LogP) is 2.68. The van der Waals surface area contributed by atoms with Crippen LogP contribution in [0.1, 0.15) is 23.3 Å². The molecule has 1 unspecified atom stereocenters. The Kier molecular flexibility index (Phi) is 2.12. The van der Waals surface area contributed by atoms with Crippen molar-refractivity contribution in [2.75, 3.05) is 6.54 Å². The highest BCUT2D eigenvalue weighted by Gasteiger charge is 2.65. The third-order valence-electron chi connectivity index (χ3n) is 3.68. The SMILES string of the molecule is O=C1CCC2(C(F)(F)F)c3ccsc3CCN12. The number of hydrogen-bond donors (Lipinski definition) is 0. The van der Waals surface area contributed by atoms with Crippen LogP contribution in [0.2, 0.25) is 0 Å². The van der Waals surface area contributed by atoms with Crippen LogP contribution in [-0.4, -0.2) is 23.5 Å². The smallest absolute Gasteiger partial charge is 0.324 e. The number of carbonyl (C=O) groups is 1. The number of nitrogens with zero attached hydrogens (tertiary/aromatic N) is 1. The van der Waals surface area contributed by atoms with Crippen molar-refractivity contribution in [3.63, 3.8) is 0 Å². The lowest BCUT2D eigenvalue weighted by molar-refractivity contribution is -0.230. The van der Waals surface area contributed by atoms with Crippen molar-refractivity contribution in [2.45, 2.75) is 31.0 Å². The third-order valence-corrected chi connectivity index (χ3v) is 4.67. The van der Waals surface area contributed by atoms with Gasteiger partial charge in [0.1, 0.15) is 0 Å². The number of thiophene rings is 1. The Labute approximate surface area is 100 Å². The van der Waals surface area contributed by atoms with E-state index in [9.17, 15) is 18.0 Å². The third kappa shape index (κ3) is 1.24. The Hall–Kier alpha value is -1.04. The maximum absolute atomic E-state index is 13.4. The van der Waals surface area contributed by atoms with Gasteiger partial charge in [-0.25, -0.2) is 0 Å². The van der Waals surface area contributed by atoms with Gasteiger partial charge in [0.25, 0.3) is 0 Å². The van der Waals surface area contributed by atoms with E-state index in [1.165, 1.54) is 17.4 Å². The van der Waals surface area contributed by atoms with E-state index < -0.39 is 11.7 Å². The van der Waals surface area contributed by atoms with Crippen LogP contribution < -0.4 is 0 Å². The Morgan fingerprint density at radius 3 is 2.82 bits per heavy atom. The van der Waals surface area contributed by atoms with Crippen LogP contribution in [0.3, 0.4) is 0 Å². The summed E-state index contributed by atoms with van der Waals surface area (Å²) in [6.45, 7) is 0.186. The fraction of sp³-hybridized carbons (Fsp3) is 0.545. The van der Waals surface area contributed by atoms with Gasteiger partial charge in [-0.1, -0.05) is 0 Å². The molecule has 2 aliphatic rings. The molecular weight excluding hydrogens is 251 g/mol. The Morgan fingerprint density at radius 1 is 1.35 bits per heavy atom. The molecule has 0 N–H and O–H groups in total. The quantitative estimate of drug-likeness (QED) is 0.703. The predicted molar refractivity (Wildman–Crippen MR) is 56.7 cm³/mol. The first-order valence-electron chi connectivity index (χ1n) is 5.41. The zero-order valence-corrected chi connectivity index (χ0v) is 9.70. The highest BCUT2D eigenvalue weighted by molar-refractivity contribution is 7.10. The molecule has 1 atom stereocenters. The molecule has 1 aromatic heterocycles. The molecule has 0 saturated carbocycles. The fourth-order valence-electron chi connectivity index (χ4n) is 2.93. The van der Waals surface area contributed by atoms with Crippen molar-refractivity contribution in [3.8, 4) is 0 Å². The van der Waals surface area contributed by atoms with Crippen LogP contribution in [0.4, 0.5) is 13.2 Å². The van der Waals surface area contributed by atoms with Crippen molar-refractivity contribution in [1.82, 2.24) is 4.90 Å². The molecule has 92 valence electrons. The molecule has 3 heterocycles. The molecule has 6 heteroatoms. The van der Waals surface area contributed by atoms with Crippen molar-refractivity contribution in [3.05, 3.63) is 21.9 Å². The van der Waals surface area contributed by atoms with E-state index in [1.54, 1.807) is 5.38 Å². The van der Waals surface area contributed by atoms with E-state index in [1.807, 2.05) is 0 Å². The lowest BCUT2D eigenvalue weighted by Gasteiger charge is -2.43. The maximum Gasteiger partial charge on any atom is 0.416 e. The van der Waals surface area contributed by atoms with Crippen LogP contribution in [0.5, 0.6) is 0 Å². The second-order valence-corrected chi connectivity index (χ2v) is 5.41. The van der Waals surface area contributed by atoms with Gasteiger partial charge in [0.2, 0.25) is 5.91 Å². The maximum atomic E-state index is 13.4. The minimum atomic E-state index is -4.39. The summed E-state index contributed by atoms with van der Waals surface area (Å²) < 4.78 is 40.3. The average molecular weight is 261 g/mol. The molecule has 0 bridgehead atoms. The van der Waals surface area contributed by atoms with Crippen LogP contribution in [0, 0.1) is 0 Å². The highest BCUT2D eigenvalue weighted by Crippen LogP contribution is 2.54. The lowest BCUT2D eigenvalue weighted by Crippen LogP contribution is -2.56. The van der Waals surface area contributed by atoms with E-state index in [2.05, 4.69) is 0 Å². The van der Waals surface area contributed by atoms with Crippen LogP contribution in [-0.2, 0) is 16.8 Å². The van der Waals surface area contributed by atoms with E-state index >= 15 is 0 Å². The zero-order chi connectivity index (χ0) is 12.3. The molecule has 1 saturated heterocycles. The largest absolute Gasteiger partial charge is 0.416 e. The minimum absolute atomic E-state index is 0.00516.